The minimum atomic E-state index is -4.52. The van der Waals surface area contributed by atoms with E-state index < -0.39 is 13.9 Å². The molecule has 0 radical (unpaired) electrons. The van der Waals surface area contributed by atoms with E-state index >= 15 is 0 Å². The molecule has 0 saturated carbocycles. The second-order valence-corrected chi connectivity index (χ2v) is 21.4. The zero-order valence-corrected chi connectivity index (χ0v) is 43.3. The van der Waals surface area contributed by atoms with Gasteiger partial charge in [0.15, 0.2) is 0 Å². The van der Waals surface area contributed by atoms with Crippen LogP contribution >= 0.6 is 7.82 Å². The van der Waals surface area contributed by atoms with E-state index in [9.17, 15) is 14.3 Å². The van der Waals surface area contributed by atoms with Crippen LogP contribution in [0.5, 0.6) is 0 Å². The highest BCUT2D eigenvalue weighted by atomic mass is 31.2. The van der Waals surface area contributed by atoms with Crippen molar-refractivity contribution in [3.8, 4) is 0 Å². The molecule has 0 bridgehead atoms. The van der Waals surface area contributed by atoms with Crippen LogP contribution in [0.4, 0.5) is 0 Å². The summed E-state index contributed by atoms with van der Waals surface area (Å²) in [5, 5.41) is 0. The maximum atomic E-state index is 12.8. The van der Waals surface area contributed by atoms with Crippen LogP contribution in [0.1, 0.15) is 277 Å². The summed E-state index contributed by atoms with van der Waals surface area (Å²) in [5.41, 5.74) is 0. The Morgan fingerprint density at radius 1 is 0.435 bits per heavy atom. The fraction of sp³-hybridized carbons (Fsp3) is 0.981. The third kappa shape index (κ3) is 50.5. The lowest BCUT2D eigenvalue weighted by atomic mass is 10.0. The monoisotopic (exact) mass is 902 g/mol. The topological polar surface area (TPSA) is 94.1 Å². The first kappa shape index (κ1) is 61.5. The molecule has 0 N–H and O–H groups in total. The van der Waals surface area contributed by atoms with E-state index in [0.29, 0.717) is 24.1 Å². The van der Waals surface area contributed by atoms with Crippen LogP contribution in [0.3, 0.4) is 0 Å². The number of unbranched alkanes of at least 4 members (excludes halogenated alkanes) is 38. The average Bonchev–Trinajstić information content (AvgIpc) is 3.23. The zero-order valence-electron chi connectivity index (χ0n) is 42.4. The highest BCUT2D eigenvalue weighted by Gasteiger charge is 2.20. The third-order valence-corrected chi connectivity index (χ3v) is 13.4. The molecule has 0 aliphatic carbocycles. The van der Waals surface area contributed by atoms with Crippen molar-refractivity contribution in [2.45, 2.75) is 283 Å². The van der Waals surface area contributed by atoms with Crippen LogP contribution in [0.25, 0.3) is 0 Å². The zero-order chi connectivity index (χ0) is 45.5. The molecular formula is C53H108NO7P. The molecule has 0 spiro atoms. The van der Waals surface area contributed by atoms with Crippen molar-refractivity contribution >= 4 is 13.8 Å². The SMILES string of the molecule is CCCCCCCCCCCCCCCCCCCCCCCCC(=O)O[C@H](COCCCCCCCCCCCCCCCCCCCC)COP(=O)([O-])OCC[N+](C)(C)C. The molecule has 0 aromatic heterocycles. The molecular weight excluding hydrogens is 794 g/mol. The van der Waals surface area contributed by atoms with Crippen molar-refractivity contribution in [3.63, 3.8) is 0 Å². The predicted molar refractivity (Wildman–Crippen MR) is 264 cm³/mol. The Labute approximate surface area is 387 Å². The highest BCUT2D eigenvalue weighted by molar-refractivity contribution is 7.45. The normalized spacial score (nSPS) is 13.5. The summed E-state index contributed by atoms with van der Waals surface area (Å²) in [4.78, 5) is 25.2. The molecule has 0 amide bonds. The standard InChI is InChI=1S/C53H108NO7P/c1-6-8-10-12-14-16-18-20-22-24-26-27-28-29-30-32-34-36-38-40-42-44-46-53(55)61-52(51-60-62(56,57)59-49-47-54(3,4)5)50-58-48-45-43-41-39-37-35-33-31-25-23-21-19-17-15-13-11-9-7-2/h52H,6-51H2,1-5H3/t52-/m1/s1. The van der Waals surface area contributed by atoms with Gasteiger partial charge >= 0.3 is 5.97 Å². The van der Waals surface area contributed by atoms with Gasteiger partial charge in [-0.15, -0.1) is 0 Å². The molecule has 372 valence electrons. The Bertz CT molecular complexity index is 961. The van der Waals surface area contributed by atoms with Crippen molar-refractivity contribution in [2.24, 2.45) is 0 Å². The van der Waals surface area contributed by atoms with Crippen molar-refractivity contribution in [3.05, 3.63) is 0 Å². The minimum absolute atomic E-state index is 0.0318. The number of likely N-dealkylation sites (N-methyl/N-ethyl adjacent to an activating group) is 1. The van der Waals surface area contributed by atoms with E-state index in [4.69, 9.17) is 18.5 Å². The molecule has 0 saturated heterocycles. The first-order chi connectivity index (χ1) is 30.1. The summed E-state index contributed by atoms with van der Waals surface area (Å²) in [6, 6.07) is 0. The lowest BCUT2D eigenvalue weighted by Gasteiger charge is -2.28. The molecule has 9 heteroatoms. The van der Waals surface area contributed by atoms with Gasteiger partial charge in [-0.05, 0) is 12.8 Å². The van der Waals surface area contributed by atoms with Crippen LogP contribution in [0.2, 0.25) is 0 Å². The summed E-state index contributed by atoms with van der Waals surface area (Å²) in [6.45, 7) is 5.50. The summed E-state index contributed by atoms with van der Waals surface area (Å²) < 4.78 is 34.8. The van der Waals surface area contributed by atoms with Gasteiger partial charge in [0, 0.05) is 13.0 Å². The van der Waals surface area contributed by atoms with Crippen LogP contribution in [-0.4, -0.2) is 70.7 Å². The fourth-order valence-electron chi connectivity index (χ4n) is 8.20. The second-order valence-electron chi connectivity index (χ2n) is 20.0. The number of phosphoric ester groups is 1. The quantitative estimate of drug-likeness (QED) is 0.0260. The Morgan fingerprint density at radius 2 is 0.742 bits per heavy atom. The Kier molecular flexibility index (Phi) is 46.6. The minimum Gasteiger partial charge on any atom is -0.756 e. The van der Waals surface area contributed by atoms with Gasteiger partial charge in [-0.25, -0.2) is 0 Å². The predicted octanol–water partition coefficient (Wildman–Crippen LogP) is 16.2. The molecule has 8 nitrogen and oxygen atoms in total. The molecule has 0 heterocycles. The van der Waals surface area contributed by atoms with E-state index in [-0.39, 0.29) is 25.8 Å². The number of hydrogen-bond donors (Lipinski definition) is 0. The Morgan fingerprint density at radius 3 is 1.06 bits per heavy atom. The van der Waals surface area contributed by atoms with Crippen LogP contribution < -0.4 is 4.89 Å². The van der Waals surface area contributed by atoms with E-state index in [1.54, 1.807) is 0 Å². The summed E-state index contributed by atoms with van der Waals surface area (Å²) in [5.74, 6) is -0.324. The van der Waals surface area contributed by atoms with Gasteiger partial charge in [-0.2, -0.15) is 0 Å². The van der Waals surface area contributed by atoms with Crippen molar-refractivity contribution in [1.29, 1.82) is 0 Å². The first-order valence-electron chi connectivity index (χ1n) is 27.3. The van der Waals surface area contributed by atoms with E-state index in [2.05, 4.69) is 13.8 Å². The molecule has 0 aromatic carbocycles. The third-order valence-electron chi connectivity index (χ3n) is 12.4. The highest BCUT2D eigenvalue weighted by Crippen LogP contribution is 2.38. The second kappa shape index (κ2) is 47.0. The molecule has 1 unspecified atom stereocenters. The number of hydrogen-bond acceptors (Lipinski definition) is 7. The van der Waals surface area contributed by atoms with Gasteiger partial charge in [0.25, 0.3) is 7.82 Å². The summed E-state index contributed by atoms with van der Waals surface area (Å²) in [7, 11) is 1.38. The van der Waals surface area contributed by atoms with E-state index in [0.717, 1.165) is 32.1 Å². The Balaban J connectivity index is 4.04. The van der Waals surface area contributed by atoms with Crippen molar-refractivity contribution in [2.75, 3.05) is 54.1 Å². The molecule has 62 heavy (non-hydrogen) atoms. The van der Waals surface area contributed by atoms with Crippen LogP contribution in [0, 0.1) is 0 Å². The number of nitrogens with zero attached hydrogens (tertiary/aromatic N) is 1. The largest absolute Gasteiger partial charge is 0.756 e. The smallest absolute Gasteiger partial charge is 0.306 e. The molecule has 0 aromatic rings. The number of carbonyl (C=O) groups excluding carboxylic acids is 1. The van der Waals surface area contributed by atoms with Gasteiger partial charge in [0.2, 0.25) is 0 Å². The molecule has 0 aliphatic rings. The number of carbonyl (C=O) groups is 1. The van der Waals surface area contributed by atoms with Gasteiger partial charge in [-0.3, -0.25) is 9.36 Å². The number of ether oxygens (including phenoxy) is 2. The maximum absolute atomic E-state index is 12.8. The number of quaternary nitrogens is 1. The number of rotatable bonds is 52. The lowest BCUT2D eigenvalue weighted by molar-refractivity contribution is -0.870. The maximum Gasteiger partial charge on any atom is 0.306 e. The van der Waals surface area contributed by atoms with Gasteiger partial charge in [0.05, 0.1) is 34.4 Å². The molecule has 0 aliphatic heterocycles. The van der Waals surface area contributed by atoms with E-state index in [1.165, 1.54) is 225 Å². The molecule has 0 fully saturated rings. The number of esters is 1. The summed E-state index contributed by atoms with van der Waals surface area (Å²) >= 11 is 0. The van der Waals surface area contributed by atoms with Crippen molar-refractivity contribution < 1.29 is 37.3 Å². The van der Waals surface area contributed by atoms with Gasteiger partial charge < -0.3 is 27.9 Å². The first-order valence-corrected chi connectivity index (χ1v) is 28.7. The van der Waals surface area contributed by atoms with Gasteiger partial charge in [0.1, 0.15) is 19.3 Å². The van der Waals surface area contributed by atoms with E-state index in [1.807, 2.05) is 21.1 Å². The molecule has 0 rings (SSSR count). The number of phosphoric acid groups is 1. The van der Waals surface area contributed by atoms with Crippen LogP contribution in [0.15, 0.2) is 0 Å². The summed E-state index contributed by atoms with van der Waals surface area (Å²) in [6.07, 6.45) is 52.7. The van der Waals surface area contributed by atoms with Gasteiger partial charge in [-0.1, -0.05) is 258 Å². The lowest BCUT2D eigenvalue weighted by Crippen LogP contribution is -2.37. The molecule has 2 atom stereocenters. The Hall–Kier alpha value is -0.500. The van der Waals surface area contributed by atoms with Crippen LogP contribution in [-0.2, 0) is 27.9 Å². The average molecular weight is 902 g/mol. The van der Waals surface area contributed by atoms with Crippen molar-refractivity contribution in [1.82, 2.24) is 0 Å². The fourth-order valence-corrected chi connectivity index (χ4v) is 8.93.